The van der Waals surface area contributed by atoms with Gasteiger partial charge in [0.2, 0.25) is 0 Å². The van der Waals surface area contributed by atoms with Crippen molar-refractivity contribution in [2.24, 2.45) is 0 Å². The second kappa shape index (κ2) is 6.52. The van der Waals surface area contributed by atoms with E-state index < -0.39 is 0 Å². The first-order valence-corrected chi connectivity index (χ1v) is 8.64. The number of hydrogen-bond donors (Lipinski definition) is 2. The molecule has 5 heteroatoms. The highest BCUT2D eigenvalue weighted by Gasteiger charge is 2.27. The molecule has 120 valence electrons. The van der Waals surface area contributed by atoms with Crippen LogP contribution in [0.4, 0.5) is 11.6 Å². The lowest BCUT2D eigenvalue weighted by atomic mass is 9.91. The Kier molecular flexibility index (Phi) is 4.09. The summed E-state index contributed by atoms with van der Waals surface area (Å²) < 4.78 is 0. The summed E-state index contributed by atoms with van der Waals surface area (Å²) in [5, 5.41) is 7.13. The zero-order chi connectivity index (χ0) is 15.5. The molecular weight excluding hydrogens is 286 g/mol. The fourth-order valence-electron chi connectivity index (χ4n) is 3.24. The number of nitrogens with one attached hydrogen (secondary N) is 2. The van der Waals surface area contributed by atoms with E-state index in [1.165, 1.54) is 12.8 Å². The van der Waals surface area contributed by atoms with Gasteiger partial charge in [0.25, 0.3) is 0 Å². The van der Waals surface area contributed by atoms with E-state index in [0.717, 1.165) is 43.1 Å². The van der Waals surface area contributed by atoms with Crippen molar-refractivity contribution in [3.63, 3.8) is 0 Å². The van der Waals surface area contributed by atoms with Gasteiger partial charge in [0.1, 0.15) is 17.5 Å². The molecule has 0 bridgehead atoms. The second-order valence-electron chi connectivity index (χ2n) is 6.63. The molecule has 5 nitrogen and oxygen atoms in total. The Balaban J connectivity index is 1.29. The molecule has 0 radical (unpaired) electrons. The first-order chi connectivity index (χ1) is 11.4. The van der Waals surface area contributed by atoms with Gasteiger partial charge in [-0.25, -0.2) is 15.0 Å². The highest BCUT2D eigenvalue weighted by atomic mass is 15.1. The maximum absolute atomic E-state index is 4.67. The number of rotatable bonds is 5. The van der Waals surface area contributed by atoms with Crippen molar-refractivity contribution in [3.05, 3.63) is 42.5 Å². The topological polar surface area (TPSA) is 62.7 Å². The molecule has 0 saturated heterocycles. The van der Waals surface area contributed by atoms with Gasteiger partial charge in [0.15, 0.2) is 0 Å². The summed E-state index contributed by atoms with van der Waals surface area (Å²) in [7, 11) is 0. The first-order valence-electron chi connectivity index (χ1n) is 8.64. The van der Waals surface area contributed by atoms with E-state index in [0.29, 0.717) is 18.0 Å². The molecule has 4 rings (SSSR count). The molecular formula is C18H23N5. The van der Waals surface area contributed by atoms with Crippen LogP contribution in [-0.2, 0) is 0 Å². The minimum Gasteiger partial charge on any atom is -0.367 e. The fraction of sp³-hybridized carbons (Fsp3) is 0.500. The Morgan fingerprint density at radius 2 is 1.48 bits per heavy atom. The highest BCUT2D eigenvalue weighted by Crippen LogP contribution is 2.38. The summed E-state index contributed by atoms with van der Waals surface area (Å²) in [5.74, 6) is 3.59. The fourth-order valence-corrected chi connectivity index (χ4v) is 3.24. The van der Waals surface area contributed by atoms with Crippen LogP contribution in [-0.4, -0.2) is 27.0 Å². The minimum atomic E-state index is 0.513. The van der Waals surface area contributed by atoms with Gasteiger partial charge in [-0.3, -0.25) is 0 Å². The quantitative estimate of drug-likeness (QED) is 0.884. The molecule has 2 aromatic heterocycles. The summed E-state index contributed by atoms with van der Waals surface area (Å²) in [6, 6.07) is 9.03. The van der Waals surface area contributed by atoms with E-state index in [1.54, 1.807) is 0 Å². The normalized spacial score (nSPS) is 24.2. The summed E-state index contributed by atoms with van der Waals surface area (Å²) in [5.41, 5.74) is 0. The molecule has 2 aromatic rings. The van der Waals surface area contributed by atoms with Crippen LogP contribution in [0.2, 0.25) is 0 Å². The summed E-state index contributed by atoms with van der Waals surface area (Å²) in [6.45, 7) is 0. The third-order valence-corrected chi connectivity index (χ3v) is 4.71. The van der Waals surface area contributed by atoms with Gasteiger partial charge in [-0.15, -0.1) is 0 Å². The molecule has 0 atom stereocenters. The molecule has 23 heavy (non-hydrogen) atoms. The number of hydrogen-bond acceptors (Lipinski definition) is 5. The zero-order valence-electron chi connectivity index (χ0n) is 13.3. The van der Waals surface area contributed by atoms with E-state index in [9.17, 15) is 0 Å². The molecule has 0 aliphatic heterocycles. The van der Waals surface area contributed by atoms with Crippen LogP contribution in [0.5, 0.6) is 0 Å². The Labute approximate surface area is 137 Å². The lowest BCUT2D eigenvalue weighted by Crippen LogP contribution is -2.32. The monoisotopic (exact) mass is 309 g/mol. The van der Waals surface area contributed by atoms with Gasteiger partial charge in [-0.1, -0.05) is 6.07 Å². The standard InChI is InChI=1S/C18H23N5/c1-2-11-19-16(3-1)21-14-6-8-15(9-7-14)22-17-10-12-20-18(23-17)13-4-5-13/h1-3,10-15H,4-9H2,(H,19,21)(H,20,22,23). The lowest BCUT2D eigenvalue weighted by molar-refractivity contribution is 0.427. The van der Waals surface area contributed by atoms with Crippen LogP contribution < -0.4 is 10.6 Å². The molecule has 2 fully saturated rings. The van der Waals surface area contributed by atoms with Crippen molar-refractivity contribution in [3.8, 4) is 0 Å². The van der Waals surface area contributed by atoms with Crippen LogP contribution in [0.1, 0.15) is 50.3 Å². The number of aromatic nitrogens is 3. The van der Waals surface area contributed by atoms with Crippen LogP contribution >= 0.6 is 0 Å². The third-order valence-electron chi connectivity index (χ3n) is 4.71. The molecule has 2 N–H and O–H groups in total. The van der Waals surface area contributed by atoms with Crippen molar-refractivity contribution >= 4 is 11.6 Å². The van der Waals surface area contributed by atoms with Crippen molar-refractivity contribution in [2.75, 3.05) is 10.6 Å². The van der Waals surface area contributed by atoms with Gasteiger partial charge in [0, 0.05) is 30.4 Å². The average Bonchev–Trinajstić information content (AvgIpc) is 3.43. The highest BCUT2D eigenvalue weighted by molar-refractivity contribution is 5.37. The van der Waals surface area contributed by atoms with Gasteiger partial charge in [-0.05, 0) is 56.7 Å². The molecule has 2 aliphatic carbocycles. The predicted octanol–water partition coefficient (Wildman–Crippen LogP) is 3.58. The van der Waals surface area contributed by atoms with Gasteiger partial charge in [0.05, 0.1) is 0 Å². The van der Waals surface area contributed by atoms with Crippen molar-refractivity contribution in [1.82, 2.24) is 15.0 Å². The number of anilines is 2. The maximum Gasteiger partial charge on any atom is 0.133 e. The second-order valence-corrected chi connectivity index (χ2v) is 6.63. The van der Waals surface area contributed by atoms with E-state index in [1.807, 2.05) is 36.7 Å². The minimum absolute atomic E-state index is 0.513. The molecule has 0 aromatic carbocycles. The van der Waals surface area contributed by atoms with E-state index in [-0.39, 0.29) is 0 Å². The Bertz CT molecular complexity index is 633. The van der Waals surface area contributed by atoms with Gasteiger partial charge in [-0.2, -0.15) is 0 Å². The molecule has 0 unspecified atom stereocenters. The number of pyridine rings is 1. The summed E-state index contributed by atoms with van der Waals surface area (Å²) >= 11 is 0. The van der Waals surface area contributed by atoms with Crippen LogP contribution in [0.15, 0.2) is 36.7 Å². The Morgan fingerprint density at radius 1 is 0.739 bits per heavy atom. The Hall–Kier alpha value is -2.17. The average molecular weight is 309 g/mol. The van der Waals surface area contributed by atoms with Crippen LogP contribution in [0, 0.1) is 0 Å². The number of nitrogens with zero attached hydrogens (tertiary/aromatic N) is 3. The van der Waals surface area contributed by atoms with Gasteiger partial charge >= 0.3 is 0 Å². The third kappa shape index (κ3) is 3.78. The summed E-state index contributed by atoms with van der Waals surface area (Å²) in [4.78, 5) is 13.4. The molecule has 2 saturated carbocycles. The smallest absolute Gasteiger partial charge is 0.133 e. The van der Waals surface area contributed by atoms with E-state index in [2.05, 4.69) is 25.6 Å². The lowest BCUT2D eigenvalue weighted by Gasteiger charge is -2.30. The van der Waals surface area contributed by atoms with Gasteiger partial charge < -0.3 is 10.6 Å². The van der Waals surface area contributed by atoms with Crippen molar-refractivity contribution < 1.29 is 0 Å². The first kappa shape index (κ1) is 14.4. The molecule has 0 amide bonds. The molecule has 2 heterocycles. The largest absolute Gasteiger partial charge is 0.367 e. The van der Waals surface area contributed by atoms with E-state index in [4.69, 9.17) is 0 Å². The van der Waals surface area contributed by atoms with Crippen molar-refractivity contribution in [2.45, 2.75) is 56.5 Å². The summed E-state index contributed by atoms with van der Waals surface area (Å²) in [6.07, 6.45) is 10.9. The SMILES string of the molecule is c1ccc(NC2CCC(Nc3ccnc(C4CC4)n3)CC2)nc1. The van der Waals surface area contributed by atoms with E-state index >= 15 is 0 Å². The molecule has 0 spiro atoms. The zero-order valence-corrected chi connectivity index (χ0v) is 13.3. The van der Waals surface area contributed by atoms with Crippen LogP contribution in [0.3, 0.4) is 0 Å². The van der Waals surface area contributed by atoms with Crippen molar-refractivity contribution in [1.29, 1.82) is 0 Å². The predicted molar refractivity (Wildman–Crippen MR) is 91.5 cm³/mol. The maximum atomic E-state index is 4.67. The Morgan fingerprint density at radius 3 is 2.13 bits per heavy atom. The van der Waals surface area contributed by atoms with Crippen LogP contribution in [0.25, 0.3) is 0 Å². The molecule has 2 aliphatic rings.